The van der Waals surface area contributed by atoms with Crippen molar-refractivity contribution in [2.75, 3.05) is 0 Å². The summed E-state index contributed by atoms with van der Waals surface area (Å²) in [4.78, 5) is 0. The SMILES string of the molecule is C=C1/C(=C\C=C2CCC[C@@]3(C)C2CC[C@@H]3[C@H](C)CC(O)CC(C)C)C[C@@H](O)C[C@H]1O. The molecule has 2 unspecified atom stereocenters. The molecule has 0 aromatic rings. The molecule has 3 saturated carbocycles. The Morgan fingerprint density at radius 1 is 1.13 bits per heavy atom. The van der Waals surface area contributed by atoms with Crippen LogP contribution in [-0.2, 0) is 0 Å². The predicted octanol–water partition coefficient (Wildman–Crippen LogP) is 5.56. The van der Waals surface area contributed by atoms with Crippen LogP contribution in [0.2, 0.25) is 0 Å². The molecule has 0 aromatic carbocycles. The van der Waals surface area contributed by atoms with Crippen LogP contribution >= 0.6 is 0 Å². The second-order valence-corrected chi connectivity index (χ2v) is 11.2. The molecule has 3 aliphatic rings. The molecule has 0 heterocycles. The molecule has 30 heavy (non-hydrogen) atoms. The van der Waals surface area contributed by atoms with Gasteiger partial charge in [0, 0.05) is 6.42 Å². The van der Waals surface area contributed by atoms with E-state index in [4.69, 9.17) is 0 Å². The molecule has 0 bridgehead atoms. The zero-order valence-corrected chi connectivity index (χ0v) is 19.6. The van der Waals surface area contributed by atoms with Crippen LogP contribution in [0.25, 0.3) is 0 Å². The van der Waals surface area contributed by atoms with E-state index >= 15 is 0 Å². The monoisotopic (exact) mass is 416 g/mol. The lowest BCUT2D eigenvalue weighted by molar-refractivity contribution is 0.0571. The molecule has 3 rings (SSSR count). The first-order valence-corrected chi connectivity index (χ1v) is 12.2. The van der Waals surface area contributed by atoms with Crippen molar-refractivity contribution in [1.82, 2.24) is 0 Å². The summed E-state index contributed by atoms with van der Waals surface area (Å²) in [7, 11) is 0. The highest BCUT2D eigenvalue weighted by atomic mass is 16.3. The van der Waals surface area contributed by atoms with Gasteiger partial charge in [-0.2, -0.15) is 0 Å². The molecule has 0 spiro atoms. The number of fused-ring (bicyclic) bond motifs is 1. The summed E-state index contributed by atoms with van der Waals surface area (Å²) < 4.78 is 0. The Labute approximate surface area is 184 Å². The van der Waals surface area contributed by atoms with Gasteiger partial charge in [-0.05, 0) is 91.6 Å². The van der Waals surface area contributed by atoms with Crippen LogP contribution in [0.3, 0.4) is 0 Å². The quantitative estimate of drug-likeness (QED) is 0.531. The van der Waals surface area contributed by atoms with Crippen LogP contribution in [0.5, 0.6) is 0 Å². The first kappa shape index (κ1) is 23.8. The lowest BCUT2D eigenvalue weighted by atomic mass is 9.60. The molecule has 7 atom stereocenters. The number of rotatable bonds is 6. The molecule has 0 aromatic heterocycles. The van der Waals surface area contributed by atoms with Crippen molar-refractivity contribution < 1.29 is 15.3 Å². The Kier molecular flexibility index (Phi) is 7.69. The van der Waals surface area contributed by atoms with Gasteiger partial charge in [0.25, 0.3) is 0 Å². The van der Waals surface area contributed by atoms with E-state index in [1.54, 1.807) is 0 Å². The van der Waals surface area contributed by atoms with E-state index in [0.717, 1.165) is 30.4 Å². The van der Waals surface area contributed by atoms with Gasteiger partial charge in [-0.15, -0.1) is 0 Å². The number of aliphatic hydroxyl groups is 3. The first-order chi connectivity index (χ1) is 14.1. The van der Waals surface area contributed by atoms with Crippen molar-refractivity contribution in [2.24, 2.45) is 29.1 Å². The standard InChI is InChI=1S/C27H44O3/c1-17(2)13-22(28)14-18(3)24-10-11-25-20(7-6-12-27(24,25)5)8-9-21-15-23(29)16-26(30)19(21)4/h8-9,17-18,22-26,28-30H,4,6-7,10-16H2,1-3,5H3/b20-8?,21-9-/t18-,22?,23-,24-,25?,26-,27-/m1/s1. The molecular formula is C27H44O3. The number of hydrogen-bond acceptors (Lipinski definition) is 3. The van der Waals surface area contributed by atoms with E-state index in [9.17, 15) is 15.3 Å². The maximum absolute atomic E-state index is 10.5. The van der Waals surface area contributed by atoms with E-state index < -0.39 is 12.2 Å². The molecule has 170 valence electrons. The summed E-state index contributed by atoms with van der Waals surface area (Å²) in [6.07, 6.45) is 12.1. The Hall–Kier alpha value is -0.900. The number of allylic oxidation sites excluding steroid dienone is 3. The average Bonchev–Trinajstić information content (AvgIpc) is 3.00. The normalized spacial score (nSPS) is 39.5. The van der Waals surface area contributed by atoms with Crippen molar-refractivity contribution >= 4 is 0 Å². The fourth-order valence-corrected chi connectivity index (χ4v) is 6.91. The lowest BCUT2D eigenvalue weighted by Gasteiger charge is -2.44. The van der Waals surface area contributed by atoms with Crippen LogP contribution in [0.4, 0.5) is 0 Å². The zero-order chi connectivity index (χ0) is 22.1. The molecule has 3 heteroatoms. The molecule has 0 saturated heterocycles. The van der Waals surface area contributed by atoms with Crippen LogP contribution in [0, 0.1) is 29.1 Å². The maximum Gasteiger partial charge on any atom is 0.0811 e. The highest BCUT2D eigenvalue weighted by Crippen LogP contribution is 2.60. The lowest BCUT2D eigenvalue weighted by Crippen LogP contribution is -2.36. The summed E-state index contributed by atoms with van der Waals surface area (Å²) in [5, 5.41) is 30.7. The first-order valence-electron chi connectivity index (χ1n) is 12.2. The van der Waals surface area contributed by atoms with Gasteiger partial charge in [0.05, 0.1) is 18.3 Å². The van der Waals surface area contributed by atoms with Gasteiger partial charge < -0.3 is 15.3 Å². The molecule has 0 radical (unpaired) electrons. The Morgan fingerprint density at radius 3 is 2.57 bits per heavy atom. The molecular weight excluding hydrogens is 372 g/mol. The Balaban J connectivity index is 1.73. The second-order valence-electron chi connectivity index (χ2n) is 11.2. The minimum Gasteiger partial charge on any atom is -0.393 e. The minimum atomic E-state index is -0.621. The van der Waals surface area contributed by atoms with E-state index in [1.807, 2.05) is 0 Å². The van der Waals surface area contributed by atoms with Crippen LogP contribution in [0.15, 0.2) is 35.5 Å². The highest BCUT2D eigenvalue weighted by Gasteiger charge is 2.50. The van der Waals surface area contributed by atoms with E-state index in [1.165, 1.54) is 31.3 Å². The average molecular weight is 417 g/mol. The second kappa shape index (κ2) is 9.71. The van der Waals surface area contributed by atoms with Gasteiger partial charge in [-0.1, -0.05) is 52.0 Å². The van der Waals surface area contributed by atoms with Crippen LogP contribution in [-0.4, -0.2) is 33.6 Å². The summed E-state index contributed by atoms with van der Waals surface area (Å²) >= 11 is 0. The van der Waals surface area contributed by atoms with Crippen molar-refractivity contribution in [2.45, 2.75) is 104 Å². The van der Waals surface area contributed by atoms with Crippen molar-refractivity contribution in [3.05, 3.63) is 35.5 Å². The van der Waals surface area contributed by atoms with Crippen molar-refractivity contribution in [3.8, 4) is 0 Å². The zero-order valence-electron chi connectivity index (χ0n) is 19.6. The largest absolute Gasteiger partial charge is 0.393 e. The molecule has 3 nitrogen and oxygen atoms in total. The topological polar surface area (TPSA) is 60.7 Å². The van der Waals surface area contributed by atoms with Gasteiger partial charge in [0.15, 0.2) is 0 Å². The molecule has 3 aliphatic carbocycles. The number of hydrogen-bond donors (Lipinski definition) is 3. The summed E-state index contributed by atoms with van der Waals surface area (Å²) in [5.41, 5.74) is 3.63. The van der Waals surface area contributed by atoms with Crippen LogP contribution in [0.1, 0.15) is 85.5 Å². The third-order valence-electron chi connectivity index (χ3n) is 8.38. The predicted molar refractivity (Wildman–Crippen MR) is 124 cm³/mol. The van der Waals surface area contributed by atoms with Gasteiger partial charge in [-0.25, -0.2) is 0 Å². The van der Waals surface area contributed by atoms with Crippen molar-refractivity contribution in [1.29, 1.82) is 0 Å². The Morgan fingerprint density at radius 2 is 1.87 bits per heavy atom. The van der Waals surface area contributed by atoms with Gasteiger partial charge in [0.1, 0.15) is 0 Å². The van der Waals surface area contributed by atoms with Gasteiger partial charge >= 0.3 is 0 Å². The van der Waals surface area contributed by atoms with Gasteiger partial charge in [0.2, 0.25) is 0 Å². The Bertz CT molecular complexity index is 676. The minimum absolute atomic E-state index is 0.179. The summed E-state index contributed by atoms with van der Waals surface area (Å²) in [6.45, 7) is 13.3. The van der Waals surface area contributed by atoms with Gasteiger partial charge in [-0.3, -0.25) is 0 Å². The van der Waals surface area contributed by atoms with Crippen LogP contribution < -0.4 is 0 Å². The smallest absolute Gasteiger partial charge is 0.0811 e. The maximum atomic E-state index is 10.5. The molecule has 3 N–H and O–H groups in total. The fourth-order valence-electron chi connectivity index (χ4n) is 6.91. The number of aliphatic hydroxyl groups excluding tert-OH is 3. The molecule has 0 amide bonds. The third kappa shape index (κ3) is 5.11. The summed E-state index contributed by atoms with van der Waals surface area (Å²) in [5.74, 6) is 2.39. The van der Waals surface area contributed by atoms with Crippen molar-refractivity contribution in [3.63, 3.8) is 0 Å². The summed E-state index contributed by atoms with van der Waals surface area (Å²) in [6, 6.07) is 0. The third-order valence-corrected chi connectivity index (χ3v) is 8.38. The molecule has 0 aliphatic heterocycles. The fraction of sp³-hybridized carbons (Fsp3) is 0.778. The molecule has 3 fully saturated rings. The van der Waals surface area contributed by atoms with E-state index in [-0.39, 0.29) is 6.10 Å². The van der Waals surface area contributed by atoms with E-state index in [0.29, 0.717) is 41.9 Å². The highest BCUT2D eigenvalue weighted by molar-refractivity contribution is 5.38. The van der Waals surface area contributed by atoms with E-state index in [2.05, 4.69) is 46.4 Å².